The third-order valence-corrected chi connectivity index (χ3v) is 6.51. The molecule has 0 spiro atoms. The predicted octanol–water partition coefficient (Wildman–Crippen LogP) is 7.48. The molecule has 0 aliphatic heterocycles. The number of anilines is 1. The highest BCUT2D eigenvalue weighted by Crippen LogP contribution is 2.45. The van der Waals surface area contributed by atoms with Gasteiger partial charge in [0.15, 0.2) is 5.78 Å². The fourth-order valence-electron chi connectivity index (χ4n) is 4.57. The summed E-state index contributed by atoms with van der Waals surface area (Å²) < 4.78 is 0. The highest BCUT2D eigenvalue weighted by atomic mass is 16.1. The molecule has 0 heterocycles. The smallest absolute Gasteiger partial charge is 0.186 e. The number of benzene rings is 2. The summed E-state index contributed by atoms with van der Waals surface area (Å²) in [4.78, 5) is 15.5. The van der Waals surface area contributed by atoms with E-state index in [4.69, 9.17) is 0 Å². The number of carbonyl (C=O) groups is 1. The molecule has 0 atom stereocenters. The number of allylic oxidation sites excluding steroid dienone is 7. The van der Waals surface area contributed by atoms with E-state index in [1.165, 1.54) is 33.5 Å². The largest absolute Gasteiger partial charge is 0.378 e. The van der Waals surface area contributed by atoms with Crippen molar-refractivity contribution in [3.8, 4) is 0 Å². The first-order chi connectivity index (χ1) is 15.4. The van der Waals surface area contributed by atoms with Crippen LogP contribution in [0.5, 0.6) is 0 Å². The lowest BCUT2D eigenvalue weighted by atomic mass is 9.71. The van der Waals surface area contributed by atoms with Crippen LogP contribution in [0.25, 0.3) is 11.1 Å². The lowest BCUT2D eigenvalue weighted by Gasteiger charge is -2.31. The number of hydrogen-bond donors (Lipinski definition) is 0. The normalized spacial score (nSPS) is 16.4. The van der Waals surface area contributed by atoms with Crippen LogP contribution in [0.2, 0.25) is 0 Å². The van der Waals surface area contributed by atoms with E-state index in [2.05, 4.69) is 127 Å². The minimum atomic E-state index is -0.222. The molecule has 2 aliphatic rings. The van der Waals surface area contributed by atoms with E-state index in [1.54, 1.807) is 0 Å². The van der Waals surface area contributed by atoms with Crippen molar-refractivity contribution in [2.45, 2.75) is 41.5 Å². The molecule has 2 heteroatoms. The average Bonchev–Trinajstić information content (AvgIpc) is 3.12. The maximum absolute atomic E-state index is 13.4. The molecule has 0 saturated carbocycles. The van der Waals surface area contributed by atoms with Crippen LogP contribution in [0.1, 0.15) is 58.2 Å². The van der Waals surface area contributed by atoms with Crippen LogP contribution < -0.4 is 4.90 Å². The summed E-state index contributed by atoms with van der Waals surface area (Å²) >= 11 is 0. The standard InChI is InChI=1S/C31H35NO/c1-30(2,3)27-17-21(18-28(29(27)33)31(4,5)6)26-19-25(23-11-9-10-12-24(23)26)20-13-15-22(16-14-20)32(7)8/h9-19H,1-8H3. The second-order valence-electron chi connectivity index (χ2n) is 11.4. The maximum atomic E-state index is 13.4. The second kappa shape index (κ2) is 8.02. The average molecular weight is 438 g/mol. The number of fused-ring (bicyclic) bond motifs is 1. The van der Waals surface area contributed by atoms with Crippen molar-refractivity contribution in [1.29, 1.82) is 0 Å². The Labute approximate surface area is 199 Å². The molecule has 0 amide bonds. The first-order valence-corrected chi connectivity index (χ1v) is 11.7. The van der Waals surface area contributed by atoms with Crippen molar-refractivity contribution in [3.63, 3.8) is 0 Å². The van der Waals surface area contributed by atoms with Gasteiger partial charge in [0.2, 0.25) is 0 Å². The Morgan fingerprint density at radius 3 is 1.67 bits per heavy atom. The van der Waals surface area contributed by atoms with Crippen LogP contribution in [0.4, 0.5) is 5.69 Å². The Morgan fingerprint density at radius 1 is 0.667 bits per heavy atom. The molecule has 0 unspecified atom stereocenters. The van der Waals surface area contributed by atoms with Crippen molar-refractivity contribution in [2.75, 3.05) is 19.0 Å². The molecule has 0 N–H and O–H groups in total. The molecule has 2 aliphatic carbocycles. The molecular weight excluding hydrogens is 402 g/mol. The highest BCUT2D eigenvalue weighted by molar-refractivity contribution is 6.13. The van der Waals surface area contributed by atoms with Crippen molar-refractivity contribution in [2.24, 2.45) is 10.8 Å². The molecule has 0 radical (unpaired) electrons. The summed E-state index contributed by atoms with van der Waals surface area (Å²) in [6.45, 7) is 12.8. The van der Waals surface area contributed by atoms with Crippen LogP contribution in [0, 0.1) is 10.8 Å². The molecule has 33 heavy (non-hydrogen) atoms. The SMILES string of the molecule is CN(C)c1ccc(C2=CC(=C3C=C(C(C)(C)C)C(=O)C(C(C)(C)C)=C3)c3ccccc32)cc1. The molecule has 4 rings (SSSR count). The van der Waals surface area contributed by atoms with Gasteiger partial charge >= 0.3 is 0 Å². The molecule has 0 bridgehead atoms. The Balaban J connectivity index is 1.95. The van der Waals surface area contributed by atoms with Gasteiger partial charge in [-0.15, -0.1) is 0 Å². The van der Waals surface area contributed by atoms with Crippen molar-refractivity contribution < 1.29 is 4.79 Å². The summed E-state index contributed by atoms with van der Waals surface area (Å²) in [5.74, 6) is 0.175. The summed E-state index contributed by atoms with van der Waals surface area (Å²) in [6, 6.07) is 17.3. The van der Waals surface area contributed by atoms with Gasteiger partial charge in [-0.1, -0.05) is 77.9 Å². The number of ketones is 1. The zero-order valence-electron chi connectivity index (χ0n) is 21.2. The highest BCUT2D eigenvalue weighted by Gasteiger charge is 2.35. The van der Waals surface area contributed by atoms with Gasteiger partial charge in [0, 0.05) is 30.9 Å². The van der Waals surface area contributed by atoms with Crippen LogP contribution in [0.3, 0.4) is 0 Å². The molecule has 0 saturated heterocycles. The topological polar surface area (TPSA) is 20.3 Å². The molecule has 0 fully saturated rings. The van der Waals surface area contributed by atoms with E-state index in [0.717, 1.165) is 16.7 Å². The van der Waals surface area contributed by atoms with E-state index in [9.17, 15) is 4.79 Å². The number of Topliss-reactive ketones (excluding diaryl/α,β-unsaturated/α-hetero) is 1. The van der Waals surface area contributed by atoms with Crippen molar-refractivity contribution in [3.05, 3.63) is 100 Å². The van der Waals surface area contributed by atoms with Gasteiger partial charge in [0.1, 0.15) is 0 Å². The summed E-state index contributed by atoms with van der Waals surface area (Å²) in [5.41, 5.74) is 9.71. The number of hydrogen-bond acceptors (Lipinski definition) is 2. The van der Waals surface area contributed by atoms with E-state index >= 15 is 0 Å². The summed E-state index contributed by atoms with van der Waals surface area (Å²) in [6.07, 6.45) is 6.55. The molecular formula is C31H35NO. The van der Waals surface area contributed by atoms with Crippen LogP contribution in [-0.4, -0.2) is 19.9 Å². The van der Waals surface area contributed by atoms with Gasteiger partial charge in [0.25, 0.3) is 0 Å². The minimum Gasteiger partial charge on any atom is -0.378 e. The first-order valence-electron chi connectivity index (χ1n) is 11.7. The summed E-state index contributed by atoms with van der Waals surface area (Å²) in [5, 5.41) is 0. The predicted molar refractivity (Wildman–Crippen MR) is 141 cm³/mol. The fourth-order valence-corrected chi connectivity index (χ4v) is 4.57. The monoisotopic (exact) mass is 437 g/mol. The van der Waals surface area contributed by atoms with E-state index in [0.29, 0.717) is 0 Å². The first kappa shape index (κ1) is 23.0. The van der Waals surface area contributed by atoms with E-state index < -0.39 is 0 Å². The lowest BCUT2D eigenvalue weighted by Crippen LogP contribution is -2.28. The second-order valence-corrected chi connectivity index (χ2v) is 11.4. The molecule has 2 nitrogen and oxygen atoms in total. The van der Waals surface area contributed by atoms with E-state index in [1.807, 2.05) is 0 Å². The molecule has 2 aromatic carbocycles. The minimum absolute atomic E-state index is 0.175. The maximum Gasteiger partial charge on any atom is 0.186 e. The molecule has 0 aromatic heterocycles. The lowest BCUT2D eigenvalue weighted by molar-refractivity contribution is -0.114. The van der Waals surface area contributed by atoms with Gasteiger partial charge in [-0.05, 0) is 74.6 Å². The Kier molecular flexibility index (Phi) is 5.60. The quantitative estimate of drug-likeness (QED) is 0.485. The third kappa shape index (κ3) is 4.27. The van der Waals surface area contributed by atoms with Crippen molar-refractivity contribution in [1.82, 2.24) is 0 Å². The Hall–Kier alpha value is -3.13. The number of nitrogens with zero attached hydrogens (tertiary/aromatic N) is 1. The Morgan fingerprint density at radius 2 is 1.18 bits per heavy atom. The van der Waals surface area contributed by atoms with E-state index in [-0.39, 0.29) is 16.6 Å². The van der Waals surface area contributed by atoms with Gasteiger partial charge in [-0.2, -0.15) is 0 Å². The van der Waals surface area contributed by atoms with Crippen LogP contribution in [0.15, 0.2) is 83.5 Å². The van der Waals surface area contributed by atoms with Gasteiger partial charge < -0.3 is 4.90 Å². The molecule has 2 aromatic rings. The summed E-state index contributed by atoms with van der Waals surface area (Å²) in [7, 11) is 4.12. The zero-order valence-corrected chi connectivity index (χ0v) is 21.2. The van der Waals surface area contributed by atoms with Gasteiger partial charge in [-0.25, -0.2) is 0 Å². The molecule has 170 valence electrons. The van der Waals surface area contributed by atoms with Gasteiger partial charge in [0.05, 0.1) is 0 Å². The Bertz CT molecular complexity index is 1200. The number of carbonyl (C=O) groups excluding carboxylic acids is 1. The zero-order chi connectivity index (χ0) is 24.1. The van der Waals surface area contributed by atoms with Crippen LogP contribution in [-0.2, 0) is 4.79 Å². The van der Waals surface area contributed by atoms with Crippen molar-refractivity contribution >= 4 is 22.6 Å². The van der Waals surface area contributed by atoms with Gasteiger partial charge in [-0.3, -0.25) is 4.79 Å². The number of rotatable bonds is 2. The fraction of sp³-hybridized carbons (Fsp3) is 0.323. The third-order valence-electron chi connectivity index (χ3n) is 6.51. The van der Waals surface area contributed by atoms with Crippen LogP contribution >= 0.6 is 0 Å².